The molecule has 0 saturated carbocycles. The van der Waals surface area contributed by atoms with E-state index in [1.807, 2.05) is 72.8 Å². The molecule has 0 aliphatic rings. The molecule has 2 nitrogen and oxygen atoms in total. The Hall–Kier alpha value is -2.45. The van der Waals surface area contributed by atoms with E-state index in [4.69, 9.17) is 22.1 Å². The highest BCUT2D eigenvalue weighted by atomic mass is 35.5. The van der Waals surface area contributed by atoms with Crippen LogP contribution in [-0.2, 0) is 0 Å². The van der Waals surface area contributed by atoms with Gasteiger partial charge < -0.3 is 10.5 Å². The molecule has 21 heavy (non-hydrogen) atoms. The second-order valence-corrected chi connectivity index (χ2v) is 5.12. The van der Waals surface area contributed by atoms with Crippen molar-refractivity contribution in [2.75, 3.05) is 5.73 Å². The van der Waals surface area contributed by atoms with E-state index >= 15 is 0 Å². The molecule has 104 valence electrons. The van der Waals surface area contributed by atoms with Gasteiger partial charge in [-0.25, -0.2) is 0 Å². The van der Waals surface area contributed by atoms with E-state index < -0.39 is 0 Å². The minimum atomic E-state index is 0.659. The highest BCUT2D eigenvalue weighted by Crippen LogP contribution is 2.35. The molecule has 2 N–H and O–H groups in total. The number of benzene rings is 3. The highest BCUT2D eigenvalue weighted by molar-refractivity contribution is 6.30. The maximum atomic E-state index is 6.07. The molecule has 0 aromatic heterocycles. The van der Waals surface area contributed by atoms with Crippen LogP contribution in [0.3, 0.4) is 0 Å². The van der Waals surface area contributed by atoms with Crippen molar-refractivity contribution in [2.45, 2.75) is 0 Å². The van der Waals surface area contributed by atoms with Gasteiger partial charge in [0.1, 0.15) is 11.5 Å². The first-order valence-corrected chi connectivity index (χ1v) is 6.98. The summed E-state index contributed by atoms with van der Waals surface area (Å²) in [7, 11) is 0. The number of nitrogens with two attached hydrogens (primary N) is 1. The second kappa shape index (κ2) is 5.90. The normalized spacial score (nSPS) is 10.3. The molecule has 0 saturated heterocycles. The Balaban J connectivity index is 2.05. The van der Waals surface area contributed by atoms with Crippen molar-refractivity contribution >= 4 is 17.3 Å². The van der Waals surface area contributed by atoms with Crippen LogP contribution in [-0.4, -0.2) is 0 Å². The molecular weight excluding hydrogens is 282 g/mol. The molecular formula is C18H14ClNO. The summed E-state index contributed by atoms with van der Waals surface area (Å²) < 4.78 is 5.96. The predicted octanol–water partition coefficient (Wildman–Crippen LogP) is 5.38. The second-order valence-electron chi connectivity index (χ2n) is 4.68. The third-order valence-corrected chi connectivity index (χ3v) is 3.35. The molecule has 0 fully saturated rings. The van der Waals surface area contributed by atoms with Gasteiger partial charge >= 0.3 is 0 Å². The Kier molecular flexibility index (Phi) is 3.80. The van der Waals surface area contributed by atoms with Gasteiger partial charge in [-0.3, -0.25) is 0 Å². The standard InChI is InChI=1S/C18H14ClNO/c19-14-6-4-5-13(11-14)17-10-9-15(20)12-18(17)21-16-7-2-1-3-8-16/h1-12H,20H2. The molecule has 0 atom stereocenters. The van der Waals surface area contributed by atoms with Gasteiger partial charge in [-0.2, -0.15) is 0 Å². The largest absolute Gasteiger partial charge is 0.457 e. The molecule has 3 aromatic rings. The molecule has 0 aliphatic heterocycles. The Labute approximate surface area is 128 Å². The third kappa shape index (κ3) is 3.18. The van der Waals surface area contributed by atoms with Crippen molar-refractivity contribution in [1.29, 1.82) is 0 Å². The lowest BCUT2D eigenvalue weighted by atomic mass is 10.0. The van der Waals surface area contributed by atoms with Crippen molar-refractivity contribution in [3.8, 4) is 22.6 Å². The Morgan fingerprint density at radius 2 is 1.62 bits per heavy atom. The lowest BCUT2D eigenvalue weighted by Crippen LogP contribution is -1.91. The van der Waals surface area contributed by atoms with E-state index in [1.165, 1.54) is 0 Å². The Morgan fingerprint density at radius 1 is 0.810 bits per heavy atom. The quantitative estimate of drug-likeness (QED) is 0.658. The number of rotatable bonds is 3. The summed E-state index contributed by atoms with van der Waals surface area (Å²) in [5.41, 5.74) is 8.49. The molecule has 3 rings (SSSR count). The lowest BCUT2D eigenvalue weighted by molar-refractivity contribution is 0.485. The zero-order chi connectivity index (χ0) is 14.7. The number of anilines is 1. The monoisotopic (exact) mass is 295 g/mol. The smallest absolute Gasteiger partial charge is 0.137 e. The summed E-state index contributed by atoms with van der Waals surface area (Å²) >= 11 is 6.07. The molecule has 0 spiro atoms. The number of hydrogen-bond acceptors (Lipinski definition) is 2. The van der Waals surface area contributed by atoms with Gasteiger partial charge in [0.15, 0.2) is 0 Å². The van der Waals surface area contributed by atoms with Crippen LogP contribution in [0.5, 0.6) is 11.5 Å². The average Bonchev–Trinajstić information content (AvgIpc) is 2.48. The summed E-state index contributed by atoms with van der Waals surface area (Å²) in [5.74, 6) is 1.48. The summed E-state index contributed by atoms with van der Waals surface area (Å²) in [4.78, 5) is 0. The first kappa shape index (κ1) is 13.5. The molecule has 0 heterocycles. The van der Waals surface area contributed by atoms with E-state index in [2.05, 4.69) is 0 Å². The van der Waals surface area contributed by atoms with Crippen LogP contribution in [0.4, 0.5) is 5.69 Å². The number of nitrogen functional groups attached to an aromatic ring is 1. The van der Waals surface area contributed by atoms with E-state index in [0.29, 0.717) is 16.5 Å². The fourth-order valence-electron chi connectivity index (χ4n) is 2.13. The first-order chi connectivity index (χ1) is 10.2. The zero-order valence-electron chi connectivity index (χ0n) is 11.3. The third-order valence-electron chi connectivity index (χ3n) is 3.11. The first-order valence-electron chi connectivity index (χ1n) is 6.61. The molecule has 3 aromatic carbocycles. The highest BCUT2D eigenvalue weighted by Gasteiger charge is 2.08. The fourth-order valence-corrected chi connectivity index (χ4v) is 2.32. The predicted molar refractivity (Wildman–Crippen MR) is 87.8 cm³/mol. The number of ether oxygens (including phenoxy) is 1. The van der Waals surface area contributed by atoms with Crippen molar-refractivity contribution in [1.82, 2.24) is 0 Å². The minimum absolute atomic E-state index is 0.659. The van der Waals surface area contributed by atoms with Crippen molar-refractivity contribution in [3.05, 3.63) is 77.8 Å². The van der Waals surface area contributed by atoms with Crippen LogP contribution in [0.1, 0.15) is 0 Å². The summed E-state index contributed by atoms with van der Waals surface area (Å²) in [6, 6.07) is 22.9. The molecule has 0 amide bonds. The molecule has 0 aliphatic carbocycles. The topological polar surface area (TPSA) is 35.2 Å². The summed E-state index contributed by atoms with van der Waals surface area (Å²) in [6.07, 6.45) is 0. The van der Waals surface area contributed by atoms with Crippen LogP contribution >= 0.6 is 11.6 Å². The minimum Gasteiger partial charge on any atom is -0.457 e. The summed E-state index contributed by atoms with van der Waals surface area (Å²) in [5, 5.41) is 0.690. The van der Waals surface area contributed by atoms with E-state index in [0.717, 1.165) is 16.9 Å². The van der Waals surface area contributed by atoms with Gasteiger partial charge in [-0.15, -0.1) is 0 Å². The maximum absolute atomic E-state index is 6.07. The SMILES string of the molecule is Nc1ccc(-c2cccc(Cl)c2)c(Oc2ccccc2)c1. The van der Waals surface area contributed by atoms with Gasteiger partial charge in [0.2, 0.25) is 0 Å². The summed E-state index contributed by atoms with van der Waals surface area (Å²) in [6.45, 7) is 0. The molecule has 3 heteroatoms. The Bertz CT molecular complexity index is 756. The zero-order valence-corrected chi connectivity index (χ0v) is 12.0. The van der Waals surface area contributed by atoms with Crippen molar-refractivity contribution < 1.29 is 4.74 Å². The maximum Gasteiger partial charge on any atom is 0.137 e. The molecule has 0 radical (unpaired) electrons. The molecule has 0 bridgehead atoms. The number of para-hydroxylation sites is 1. The van der Waals surface area contributed by atoms with Crippen LogP contribution in [0, 0.1) is 0 Å². The average molecular weight is 296 g/mol. The van der Waals surface area contributed by atoms with Crippen LogP contribution in [0.15, 0.2) is 72.8 Å². The fraction of sp³-hybridized carbons (Fsp3) is 0. The lowest BCUT2D eigenvalue weighted by Gasteiger charge is -2.12. The van der Waals surface area contributed by atoms with Crippen molar-refractivity contribution in [3.63, 3.8) is 0 Å². The molecule has 0 unspecified atom stereocenters. The van der Waals surface area contributed by atoms with Crippen LogP contribution in [0.25, 0.3) is 11.1 Å². The van der Waals surface area contributed by atoms with E-state index in [-0.39, 0.29) is 0 Å². The van der Waals surface area contributed by atoms with Gasteiger partial charge in [-0.1, -0.05) is 41.9 Å². The number of halogens is 1. The van der Waals surface area contributed by atoms with Gasteiger partial charge in [-0.05, 0) is 42.0 Å². The van der Waals surface area contributed by atoms with Crippen LogP contribution in [0.2, 0.25) is 5.02 Å². The Morgan fingerprint density at radius 3 is 2.38 bits per heavy atom. The van der Waals surface area contributed by atoms with Gasteiger partial charge in [0.05, 0.1) is 0 Å². The number of hydrogen-bond donors (Lipinski definition) is 1. The van der Waals surface area contributed by atoms with E-state index in [9.17, 15) is 0 Å². The van der Waals surface area contributed by atoms with Gasteiger partial charge in [0, 0.05) is 22.3 Å². The van der Waals surface area contributed by atoms with Crippen LogP contribution < -0.4 is 10.5 Å². The van der Waals surface area contributed by atoms with Gasteiger partial charge in [0.25, 0.3) is 0 Å². The van der Waals surface area contributed by atoms with E-state index in [1.54, 1.807) is 0 Å². The van der Waals surface area contributed by atoms with Crippen molar-refractivity contribution in [2.24, 2.45) is 0 Å².